The van der Waals surface area contributed by atoms with E-state index in [2.05, 4.69) is 30.7 Å². The Morgan fingerprint density at radius 2 is 1.84 bits per heavy atom. The molecular formula is C23H28N6O2. The van der Waals surface area contributed by atoms with Gasteiger partial charge in [-0.25, -0.2) is 4.98 Å². The van der Waals surface area contributed by atoms with Crippen LogP contribution < -0.4 is 15.5 Å². The SMILES string of the molecule is Cc1onc(-c2ccccc2)c1C(=O)NCCNc1nccc(N2CCCCCC2)n1. The number of carbonyl (C=O) groups is 1. The molecule has 1 aliphatic heterocycles. The van der Waals surface area contributed by atoms with Crippen LogP contribution in [0.3, 0.4) is 0 Å². The average Bonchev–Trinajstić information content (AvgIpc) is 3.00. The Labute approximate surface area is 182 Å². The lowest BCUT2D eigenvalue weighted by Crippen LogP contribution is -2.30. The van der Waals surface area contributed by atoms with Gasteiger partial charge in [0.1, 0.15) is 22.8 Å². The number of rotatable bonds is 7. The molecule has 3 aromatic rings. The van der Waals surface area contributed by atoms with Gasteiger partial charge in [0.25, 0.3) is 5.91 Å². The highest BCUT2D eigenvalue weighted by atomic mass is 16.5. The largest absolute Gasteiger partial charge is 0.360 e. The van der Waals surface area contributed by atoms with E-state index in [0.29, 0.717) is 36.1 Å². The summed E-state index contributed by atoms with van der Waals surface area (Å²) < 4.78 is 5.28. The molecule has 2 N–H and O–H groups in total. The summed E-state index contributed by atoms with van der Waals surface area (Å²) in [5.74, 6) is 1.81. The molecule has 0 bridgehead atoms. The molecule has 1 fully saturated rings. The minimum Gasteiger partial charge on any atom is -0.360 e. The highest BCUT2D eigenvalue weighted by Crippen LogP contribution is 2.24. The predicted molar refractivity (Wildman–Crippen MR) is 120 cm³/mol. The minimum absolute atomic E-state index is 0.210. The molecule has 2 aromatic heterocycles. The maximum Gasteiger partial charge on any atom is 0.257 e. The summed E-state index contributed by atoms with van der Waals surface area (Å²) in [6, 6.07) is 11.5. The number of hydrogen-bond acceptors (Lipinski definition) is 7. The number of anilines is 2. The summed E-state index contributed by atoms with van der Waals surface area (Å²) in [6.07, 6.45) is 6.74. The number of carbonyl (C=O) groups excluding carboxylic acids is 1. The van der Waals surface area contributed by atoms with Crippen LogP contribution in [0.2, 0.25) is 0 Å². The first-order valence-corrected chi connectivity index (χ1v) is 10.8. The maximum absolute atomic E-state index is 12.7. The molecule has 0 unspecified atom stereocenters. The van der Waals surface area contributed by atoms with Crippen molar-refractivity contribution >= 4 is 17.7 Å². The van der Waals surface area contributed by atoms with Crippen LogP contribution in [-0.4, -0.2) is 47.2 Å². The van der Waals surface area contributed by atoms with Crippen LogP contribution in [0.1, 0.15) is 41.8 Å². The fraction of sp³-hybridized carbons (Fsp3) is 0.391. The summed E-state index contributed by atoms with van der Waals surface area (Å²) >= 11 is 0. The second-order valence-electron chi connectivity index (χ2n) is 7.65. The van der Waals surface area contributed by atoms with Crippen LogP contribution in [0.4, 0.5) is 11.8 Å². The van der Waals surface area contributed by atoms with Crippen molar-refractivity contribution in [1.29, 1.82) is 0 Å². The molecule has 1 aromatic carbocycles. The Hall–Kier alpha value is -3.42. The van der Waals surface area contributed by atoms with Crippen LogP contribution >= 0.6 is 0 Å². The van der Waals surface area contributed by atoms with E-state index in [4.69, 9.17) is 4.52 Å². The zero-order valence-corrected chi connectivity index (χ0v) is 17.8. The number of nitrogens with one attached hydrogen (secondary N) is 2. The fourth-order valence-electron chi connectivity index (χ4n) is 3.78. The van der Waals surface area contributed by atoms with Crippen molar-refractivity contribution in [1.82, 2.24) is 20.4 Å². The van der Waals surface area contributed by atoms with E-state index in [-0.39, 0.29) is 5.91 Å². The fourth-order valence-corrected chi connectivity index (χ4v) is 3.78. The van der Waals surface area contributed by atoms with E-state index in [1.165, 1.54) is 25.7 Å². The van der Waals surface area contributed by atoms with Gasteiger partial charge in [-0.1, -0.05) is 48.3 Å². The second kappa shape index (κ2) is 10.1. The van der Waals surface area contributed by atoms with Crippen molar-refractivity contribution in [2.75, 3.05) is 36.4 Å². The van der Waals surface area contributed by atoms with Gasteiger partial charge in [-0.2, -0.15) is 4.98 Å². The third-order valence-electron chi connectivity index (χ3n) is 5.40. The highest BCUT2D eigenvalue weighted by Gasteiger charge is 2.21. The van der Waals surface area contributed by atoms with Gasteiger partial charge in [0.2, 0.25) is 5.95 Å². The van der Waals surface area contributed by atoms with E-state index < -0.39 is 0 Å². The van der Waals surface area contributed by atoms with Crippen LogP contribution in [-0.2, 0) is 0 Å². The number of benzene rings is 1. The summed E-state index contributed by atoms with van der Waals surface area (Å²) in [6.45, 7) is 4.76. The molecule has 0 saturated carbocycles. The first-order valence-electron chi connectivity index (χ1n) is 10.8. The number of nitrogens with zero attached hydrogens (tertiary/aromatic N) is 4. The molecule has 1 saturated heterocycles. The lowest BCUT2D eigenvalue weighted by molar-refractivity contribution is 0.0954. The molecule has 0 aliphatic carbocycles. The van der Waals surface area contributed by atoms with Crippen molar-refractivity contribution in [3.8, 4) is 11.3 Å². The number of hydrogen-bond donors (Lipinski definition) is 2. The van der Waals surface area contributed by atoms with Crippen molar-refractivity contribution < 1.29 is 9.32 Å². The summed E-state index contributed by atoms with van der Waals surface area (Å²) in [4.78, 5) is 24.0. The quantitative estimate of drug-likeness (QED) is 0.563. The first-order chi connectivity index (χ1) is 15.2. The number of aromatic nitrogens is 3. The monoisotopic (exact) mass is 420 g/mol. The third-order valence-corrected chi connectivity index (χ3v) is 5.40. The molecule has 0 spiro atoms. The molecule has 31 heavy (non-hydrogen) atoms. The summed E-state index contributed by atoms with van der Waals surface area (Å²) in [7, 11) is 0. The maximum atomic E-state index is 12.7. The number of amides is 1. The Bertz CT molecular complexity index is 996. The summed E-state index contributed by atoms with van der Waals surface area (Å²) in [5.41, 5.74) is 1.86. The normalized spacial score (nSPS) is 14.2. The zero-order chi connectivity index (χ0) is 21.5. The number of aryl methyl sites for hydroxylation is 1. The van der Waals surface area contributed by atoms with E-state index in [1.54, 1.807) is 13.1 Å². The molecule has 8 heteroatoms. The van der Waals surface area contributed by atoms with Crippen molar-refractivity contribution in [3.05, 3.63) is 53.9 Å². The van der Waals surface area contributed by atoms with E-state index >= 15 is 0 Å². The van der Waals surface area contributed by atoms with E-state index in [9.17, 15) is 4.79 Å². The lowest BCUT2D eigenvalue weighted by Gasteiger charge is -2.21. The van der Waals surface area contributed by atoms with Crippen molar-refractivity contribution in [3.63, 3.8) is 0 Å². The van der Waals surface area contributed by atoms with Crippen LogP contribution in [0, 0.1) is 6.92 Å². The summed E-state index contributed by atoms with van der Waals surface area (Å²) in [5, 5.41) is 10.2. The Morgan fingerprint density at radius 1 is 1.06 bits per heavy atom. The van der Waals surface area contributed by atoms with Crippen molar-refractivity contribution in [2.24, 2.45) is 0 Å². The Morgan fingerprint density at radius 3 is 2.61 bits per heavy atom. The molecule has 4 rings (SSSR count). The molecule has 1 amide bonds. The molecule has 0 atom stereocenters. The lowest BCUT2D eigenvalue weighted by atomic mass is 10.1. The molecule has 3 heterocycles. The van der Waals surface area contributed by atoms with Gasteiger partial charge in [-0.15, -0.1) is 0 Å². The van der Waals surface area contributed by atoms with Gasteiger partial charge in [0.05, 0.1) is 0 Å². The van der Waals surface area contributed by atoms with Gasteiger partial charge in [-0.3, -0.25) is 4.79 Å². The van der Waals surface area contributed by atoms with E-state index in [0.717, 1.165) is 24.5 Å². The van der Waals surface area contributed by atoms with Crippen LogP contribution in [0.15, 0.2) is 47.1 Å². The predicted octanol–water partition coefficient (Wildman–Crippen LogP) is 3.66. The van der Waals surface area contributed by atoms with E-state index in [1.807, 2.05) is 36.4 Å². The van der Waals surface area contributed by atoms with Gasteiger partial charge in [0.15, 0.2) is 0 Å². The molecule has 162 valence electrons. The molecule has 8 nitrogen and oxygen atoms in total. The van der Waals surface area contributed by atoms with Gasteiger partial charge in [0, 0.05) is 37.9 Å². The molecular weight excluding hydrogens is 392 g/mol. The first kappa shape index (κ1) is 20.8. The average molecular weight is 421 g/mol. The molecule has 0 radical (unpaired) electrons. The standard InChI is InChI=1S/C23H28N6O2/c1-17-20(21(28-31-17)18-9-5-4-6-10-18)22(30)24-13-14-26-23-25-12-11-19(27-23)29-15-7-2-3-8-16-29/h4-6,9-12H,2-3,7-8,13-16H2,1H3,(H,24,30)(H,25,26,27). The van der Waals surface area contributed by atoms with Crippen LogP contribution in [0.25, 0.3) is 11.3 Å². The minimum atomic E-state index is -0.210. The van der Waals surface area contributed by atoms with Gasteiger partial charge in [-0.05, 0) is 25.8 Å². The third kappa shape index (κ3) is 5.20. The second-order valence-corrected chi connectivity index (χ2v) is 7.65. The highest BCUT2D eigenvalue weighted by molar-refractivity contribution is 6.00. The topological polar surface area (TPSA) is 96.2 Å². The zero-order valence-electron chi connectivity index (χ0n) is 17.8. The Kier molecular flexibility index (Phi) is 6.76. The molecule has 1 aliphatic rings. The Balaban J connectivity index is 1.32. The smallest absolute Gasteiger partial charge is 0.257 e. The van der Waals surface area contributed by atoms with Gasteiger partial charge >= 0.3 is 0 Å². The van der Waals surface area contributed by atoms with Gasteiger partial charge < -0.3 is 20.1 Å². The van der Waals surface area contributed by atoms with Crippen molar-refractivity contribution in [2.45, 2.75) is 32.6 Å². The van der Waals surface area contributed by atoms with Crippen LogP contribution in [0.5, 0.6) is 0 Å².